The van der Waals surface area contributed by atoms with E-state index in [1.807, 2.05) is 0 Å². The van der Waals surface area contributed by atoms with Gasteiger partial charge in [0.1, 0.15) is 0 Å². The number of anilines is 2. The van der Waals surface area contributed by atoms with Gasteiger partial charge >= 0.3 is 0 Å². The van der Waals surface area contributed by atoms with Crippen LogP contribution in [-0.4, -0.2) is 17.4 Å². The topological polar surface area (TPSA) is 55.1 Å². The van der Waals surface area contributed by atoms with Crippen LogP contribution < -0.4 is 11.1 Å². The molecule has 0 heterocycles. The molecule has 0 bridgehead atoms. The number of carbonyl (C=O) groups excluding carboxylic acids is 1. The summed E-state index contributed by atoms with van der Waals surface area (Å²) in [5, 5.41) is 2.83. The Kier molecular flexibility index (Phi) is 5.19. The summed E-state index contributed by atoms with van der Waals surface area (Å²) in [6, 6.07) is 7.16. The van der Waals surface area contributed by atoms with Crippen LogP contribution >= 0.6 is 11.8 Å². The summed E-state index contributed by atoms with van der Waals surface area (Å²) in [5.74, 6) is 2.17. The van der Waals surface area contributed by atoms with Crippen LogP contribution in [0.15, 0.2) is 24.3 Å². The van der Waals surface area contributed by atoms with Crippen LogP contribution in [0.3, 0.4) is 0 Å². The summed E-state index contributed by atoms with van der Waals surface area (Å²) >= 11 is 1.66. The average molecular weight is 238 g/mol. The first-order valence-corrected chi connectivity index (χ1v) is 6.46. The second kappa shape index (κ2) is 6.43. The van der Waals surface area contributed by atoms with Gasteiger partial charge < -0.3 is 11.1 Å². The maximum atomic E-state index is 11.5. The van der Waals surface area contributed by atoms with Crippen molar-refractivity contribution >= 4 is 29.0 Å². The molecule has 1 aromatic carbocycles. The Balaban J connectivity index is 2.31. The van der Waals surface area contributed by atoms with Crippen molar-refractivity contribution in [3.8, 4) is 0 Å². The highest BCUT2D eigenvalue weighted by Crippen LogP contribution is 2.12. The molecule has 0 spiro atoms. The van der Waals surface area contributed by atoms with Crippen molar-refractivity contribution in [2.75, 3.05) is 22.6 Å². The third kappa shape index (κ3) is 5.07. The standard InChI is InChI=1S/C12H18N2OS/c1-9(2)7-16-8-12(15)14-11-5-3-10(13)4-6-11/h3-6,9H,7-8,13H2,1-2H3,(H,14,15). The van der Waals surface area contributed by atoms with Crippen LogP contribution in [-0.2, 0) is 4.79 Å². The second-order valence-electron chi connectivity index (χ2n) is 4.08. The van der Waals surface area contributed by atoms with Crippen LogP contribution in [0, 0.1) is 5.92 Å². The summed E-state index contributed by atoms with van der Waals surface area (Å²) < 4.78 is 0. The van der Waals surface area contributed by atoms with Gasteiger partial charge in [-0.1, -0.05) is 13.8 Å². The lowest BCUT2D eigenvalue weighted by Crippen LogP contribution is -2.14. The van der Waals surface area contributed by atoms with Gasteiger partial charge in [-0.15, -0.1) is 0 Å². The highest BCUT2D eigenvalue weighted by atomic mass is 32.2. The fourth-order valence-corrected chi connectivity index (χ4v) is 2.00. The van der Waals surface area contributed by atoms with Crippen molar-refractivity contribution in [2.24, 2.45) is 5.92 Å². The quantitative estimate of drug-likeness (QED) is 0.775. The first-order valence-electron chi connectivity index (χ1n) is 5.31. The van der Waals surface area contributed by atoms with Gasteiger partial charge in [0.2, 0.25) is 5.91 Å². The van der Waals surface area contributed by atoms with Crippen molar-refractivity contribution in [3.05, 3.63) is 24.3 Å². The van der Waals surface area contributed by atoms with Gasteiger partial charge in [-0.05, 0) is 35.9 Å². The minimum absolute atomic E-state index is 0.0374. The van der Waals surface area contributed by atoms with Crippen molar-refractivity contribution < 1.29 is 4.79 Å². The number of amides is 1. The number of nitrogen functional groups attached to an aromatic ring is 1. The van der Waals surface area contributed by atoms with E-state index in [0.717, 1.165) is 11.4 Å². The monoisotopic (exact) mass is 238 g/mol. The first-order chi connectivity index (χ1) is 7.58. The molecule has 0 saturated heterocycles. The number of nitrogens with two attached hydrogens (primary N) is 1. The summed E-state index contributed by atoms with van der Waals surface area (Å²) in [7, 11) is 0. The molecule has 1 aromatic rings. The zero-order chi connectivity index (χ0) is 12.0. The molecular formula is C12H18N2OS. The van der Waals surface area contributed by atoms with Crippen molar-refractivity contribution in [1.29, 1.82) is 0 Å². The van der Waals surface area contributed by atoms with E-state index in [4.69, 9.17) is 5.73 Å². The third-order valence-electron chi connectivity index (χ3n) is 1.88. The largest absolute Gasteiger partial charge is 0.399 e. The van der Waals surface area contributed by atoms with Crippen LogP contribution in [0.1, 0.15) is 13.8 Å². The van der Waals surface area contributed by atoms with Crippen LogP contribution in [0.5, 0.6) is 0 Å². The molecule has 16 heavy (non-hydrogen) atoms. The van der Waals surface area contributed by atoms with Crippen molar-refractivity contribution in [2.45, 2.75) is 13.8 Å². The highest BCUT2D eigenvalue weighted by molar-refractivity contribution is 7.99. The number of benzene rings is 1. The Morgan fingerprint density at radius 1 is 1.38 bits per heavy atom. The van der Waals surface area contributed by atoms with E-state index < -0.39 is 0 Å². The van der Waals surface area contributed by atoms with E-state index >= 15 is 0 Å². The summed E-state index contributed by atoms with van der Waals surface area (Å²) in [6.45, 7) is 4.29. The Morgan fingerprint density at radius 2 is 2.00 bits per heavy atom. The number of rotatable bonds is 5. The summed E-state index contributed by atoms with van der Waals surface area (Å²) in [6.07, 6.45) is 0. The SMILES string of the molecule is CC(C)CSCC(=O)Nc1ccc(N)cc1. The average Bonchev–Trinajstić information content (AvgIpc) is 2.21. The summed E-state index contributed by atoms with van der Waals surface area (Å²) in [4.78, 5) is 11.5. The zero-order valence-corrected chi connectivity index (χ0v) is 10.5. The second-order valence-corrected chi connectivity index (χ2v) is 5.11. The summed E-state index contributed by atoms with van der Waals surface area (Å²) in [5.41, 5.74) is 7.05. The molecule has 0 radical (unpaired) electrons. The van der Waals surface area contributed by atoms with Gasteiger partial charge in [-0.3, -0.25) is 4.79 Å². The molecular weight excluding hydrogens is 220 g/mol. The molecule has 4 heteroatoms. The molecule has 3 nitrogen and oxygen atoms in total. The Hall–Kier alpha value is -1.16. The van der Waals surface area contributed by atoms with Gasteiger partial charge in [-0.2, -0.15) is 11.8 Å². The lowest BCUT2D eigenvalue weighted by Gasteiger charge is -2.06. The number of carbonyl (C=O) groups is 1. The molecule has 0 aromatic heterocycles. The van der Waals surface area contributed by atoms with Gasteiger partial charge in [0.15, 0.2) is 0 Å². The van der Waals surface area contributed by atoms with E-state index in [-0.39, 0.29) is 5.91 Å². The van der Waals surface area contributed by atoms with Crippen LogP contribution in [0.4, 0.5) is 11.4 Å². The van der Waals surface area contributed by atoms with Crippen LogP contribution in [0.2, 0.25) is 0 Å². The molecule has 0 aliphatic carbocycles. The molecule has 1 amide bonds. The lowest BCUT2D eigenvalue weighted by molar-refractivity contribution is -0.113. The molecule has 88 valence electrons. The molecule has 3 N–H and O–H groups in total. The van der Waals surface area contributed by atoms with Crippen LogP contribution in [0.25, 0.3) is 0 Å². The Bertz CT molecular complexity index is 335. The van der Waals surface area contributed by atoms with E-state index in [0.29, 0.717) is 17.4 Å². The fourth-order valence-electron chi connectivity index (χ4n) is 1.15. The fraction of sp³-hybridized carbons (Fsp3) is 0.417. The highest BCUT2D eigenvalue weighted by Gasteiger charge is 2.03. The molecule has 0 fully saturated rings. The minimum Gasteiger partial charge on any atom is -0.399 e. The molecule has 1 rings (SSSR count). The predicted molar refractivity (Wildman–Crippen MR) is 71.6 cm³/mol. The third-order valence-corrected chi connectivity index (χ3v) is 3.25. The van der Waals surface area contributed by atoms with Gasteiger partial charge in [0.05, 0.1) is 5.75 Å². The van der Waals surface area contributed by atoms with E-state index in [2.05, 4.69) is 19.2 Å². The minimum atomic E-state index is 0.0374. The zero-order valence-electron chi connectivity index (χ0n) is 9.69. The molecule has 0 saturated carbocycles. The number of hydrogen-bond donors (Lipinski definition) is 2. The van der Waals surface area contributed by atoms with E-state index in [1.165, 1.54) is 0 Å². The first kappa shape index (κ1) is 12.9. The molecule has 0 unspecified atom stereocenters. The number of nitrogens with one attached hydrogen (secondary N) is 1. The normalized spacial score (nSPS) is 10.4. The van der Waals surface area contributed by atoms with Gasteiger partial charge in [0, 0.05) is 11.4 Å². The predicted octanol–water partition coefficient (Wildman–Crippen LogP) is 2.60. The van der Waals surface area contributed by atoms with Crippen molar-refractivity contribution in [3.63, 3.8) is 0 Å². The maximum absolute atomic E-state index is 11.5. The van der Waals surface area contributed by atoms with Gasteiger partial charge in [-0.25, -0.2) is 0 Å². The van der Waals surface area contributed by atoms with E-state index in [1.54, 1.807) is 36.0 Å². The van der Waals surface area contributed by atoms with Crippen molar-refractivity contribution in [1.82, 2.24) is 0 Å². The Labute approximate surface area is 101 Å². The smallest absolute Gasteiger partial charge is 0.234 e. The number of thioether (sulfide) groups is 1. The molecule has 0 atom stereocenters. The lowest BCUT2D eigenvalue weighted by atomic mass is 10.3. The van der Waals surface area contributed by atoms with Gasteiger partial charge in [0.25, 0.3) is 0 Å². The number of hydrogen-bond acceptors (Lipinski definition) is 3. The Morgan fingerprint density at radius 3 is 2.56 bits per heavy atom. The van der Waals surface area contributed by atoms with E-state index in [9.17, 15) is 4.79 Å². The molecule has 0 aliphatic rings. The molecule has 0 aliphatic heterocycles. The maximum Gasteiger partial charge on any atom is 0.234 e.